The number of hydrogen-bond donors (Lipinski definition) is 3. The van der Waals surface area contributed by atoms with Crippen LogP contribution in [0.2, 0.25) is 0 Å². The molecule has 2 amide bonds. The number of rotatable bonds is 7. The van der Waals surface area contributed by atoms with E-state index in [2.05, 4.69) is 5.32 Å². The van der Waals surface area contributed by atoms with Crippen LogP contribution in [0.3, 0.4) is 0 Å². The largest absolute Gasteiger partial charge is 0.399 e. The summed E-state index contributed by atoms with van der Waals surface area (Å²) in [5.74, 6) is -0.595. The van der Waals surface area contributed by atoms with Gasteiger partial charge in [0.25, 0.3) is 0 Å². The number of primary amides is 1. The molecule has 0 saturated carbocycles. The van der Waals surface area contributed by atoms with E-state index in [-0.39, 0.29) is 12.5 Å². The molecule has 0 spiro atoms. The molecule has 0 aliphatic carbocycles. The molecule has 6 heteroatoms. The fourth-order valence-corrected chi connectivity index (χ4v) is 1.94. The first-order valence-electron chi connectivity index (χ1n) is 6.58. The highest BCUT2D eigenvalue weighted by Gasteiger charge is 2.22. The maximum absolute atomic E-state index is 11.9. The van der Waals surface area contributed by atoms with E-state index in [1.165, 1.54) is 0 Å². The SMILES string of the molecule is CCNC(=O)C(C)N(CC(N)=O)Cc1cccc(N)c1. The van der Waals surface area contributed by atoms with Gasteiger partial charge < -0.3 is 16.8 Å². The van der Waals surface area contributed by atoms with Crippen LogP contribution in [0.5, 0.6) is 0 Å². The summed E-state index contributed by atoms with van der Waals surface area (Å²) >= 11 is 0. The van der Waals surface area contributed by atoms with Crippen molar-refractivity contribution in [2.45, 2.75) is 26.4 Å². The van der Waals surface area contributed by atoms with E-state index >= 15 is 0 Å². The first kappa shape index (κ1) is 16.0. The van der Waals surface area contributed by atoms with Crippen molar-refractivity contribution < 1.29 is 9.59 Å². The molecule has 1 aromatic rings. The fourth-order valence-electron chi connectivity index (χ4n) is 1.94. The van der Waals surface area contributed by atoms with E-state index in [1.807, 2.05) is 25.1 Å². The van der Waals surface area contributed by atoms with Crippen molar-refractivity contribution in [3.05, 3.63) is 29.8 Å². The Morgan fingerprint density at radius 3 is 2.65 bits per heavy atom. The van der Waals surface area contributed by atoms with E-state index in [1.54, 1.807) is 17.9 Å². The zero-order valence-corrected chi connectivity index (χ0v) is 11.9. The van der Waals surface area contributed by atoms with Gasteiger partial charge in [-0.15, -0.1) is 0 Å². The van der Waals surface area contributed by atoms with Crippen LogP contribution in [-0.2, 0) is 16.1 Å². The highest BCUT2D eigenvalue weighted by molar-refractivity contribution is 5.82. The number of nitrogen functional groups attached to an aromatic ring is 1. The molecule has 1 aromatic carbocycles. The molecule has 6 nitrogen and oxygen atoms in total. The molecule has 0 bridgehead atoms. The van der Waals surface area contributed by atoms with Gasteiger partial charge in [-0.05, 0) is 31.5 Å². The molecule has 1 atom stereocenters. The number of nitrogens with zero attached hydrogens (tertiary/aromatic N) is 1. The number of benzene rings is 1. The monoisotopic (exact) mass is 278 g/mol. The molecule has 0 saturated heterocycles. The Kier molecular flexibility index (Phi) is 5.99. The average molecular weight is 278 g/mol. The number of anilines is 1. The Morgan fingerprint density at radius 1 is 1.40 bits per heavy atom. The smallest absolute Gasteiger partial charge is 0.237 e. The third-order valence-corrected chi connectivity index (χ3v) is 2.97. The number of nitrogens with one attached hydrogen (secondary N) is 1. The van der Waals surface area contributed by atoms with Crippen LogP contribution in [0.4, 0.5) is 5.69 Å². The van der Waals surface area contributed by atoms with E-state index in [0.717, 1.165) is 5.56 Å². The Bertz CT molecular complexity index is 476. The maximum atomic E-state index is 11.9. The normalized spacial score (nSPS) is 12.2. The summed E-state index contributed by atoms with van der Waals surface area (Å²) in [5, 5.41) is 2.74. The Hall–Kier alpha value is -2.08. The van der Waals surface area contributed by atoms with Crippen LogP contribution in [0.15, 0.2) is 24.3 Å². The van der Waals surface area contributed by atoms with Gasteiger partial charge in [-0.1, -0.05) is 12.1 Å². The Labute approximate surface area is 119 Å². The number of carbonyl (C=O) groups is 2. The van der Waals surface area contributed by atoms with Crippen LogP contribution < -0.4 is 16.8 Å². The second-order valence-corrected chi connectivity index (χ2v) is 4.69. The van der Waals surface area contributed by atoms with Crippen LogP contribution in [-0.4, -0.2) is 35.8 Å². The van der Waals surface area contributed by atoms with Crippen molar-refractivity contribution in [1.29, 1.82) is 0 Å². The lowest BCUT2D eigenvalue weighted by molar-refractivity contribution is -0.127. The first-order chi connectivity index (χ1) is 9.43. The number of amides is 2. The van der Waals surface area contributed by atoms with Crippen molar-refractivity contribution in [2.24, 2.45) is 5.73 Å². The summed E-state index contributed by atoms with van der Waals surface area (Å²) in [6, 6.07) is 6.90. The lowest BCUT2D eigenvalue weighted by Gasteiger charge is -2.27. The average Bonchev–Trinajstić information content (AvgIpc) is 2.37. The number of carbonyl (C=O) groups excluding carboxylic acids is 2. The molecule has 0 heterocycles. The molecule has 0 aliphatic rings. The zero-order chi connectivity index (χ0) is 15.1. The summed E-state index contributed by atoms with van der Waals surface area (Å²) in [4.78, 5) is 24.8. The van der Waals surface area contributed by atoms with Gasteiger partial charge >= 0.3 is 0 Å². The third-order valence-electron chi connectivity index (χ3n) is 2.97. The van der Waals surface area contributed by atoms with Gasteiger partial charge in [0.2, 0.25) is 11.8 Å². The van der Waals surface area contributed by atoms with Crippen molar-refractivity contribution in [1.82, 2.24) is 10.2 Å². The van der Waals surface area contributed by atoms with Crippen LogP contribution in [0.1, 0.15) is 19.4 Å². The predicted octanol–water partition coefficient (Wildman–Crippen LogP) is 0.0807. The van der Waals surface area contributed by atoms with Crippen LogP contribution in [0.25, 0.3) is 0 Å². The quantitative estimate of drug-likeness (QED) is 0.615. The van der Waals surface area contributed by atoms with Gasteiger partial charge in [-0.3, -0.25) is 14.5 Å². The van der Waals surface area contributed by atoms with Crippen molar-refractivity contribution in [2.75, 3.05) is 18.8 Å². The van der Waals surface area contributed by atoms with E-state index in [4.69, 9.17) is 11.5 Å². The summed E-state index contributed by atoms with van der Waals surface area (Å²) < 4.78 is 0. The molecule has 110 valence electrons. The Balaban J connectivity index is 2.83. The molecule has 1 rings (SSSR count). The molecule has 0 aliphatic heterocycles. The van der Waals surface area contributed by atoms with Gasteiger partial charge in [0.1, 0.15) is 0 Å². The molecule has 5 N–H and O–H groups in total. The predicted molar refractivity (Wildman–Crippen MR) is 78.6 cm³/mol. The minimum atomic E-state index is -0.468. The van der Waals surface area contributed by atoms with Gasteiger partial charge in [0.05, 0.1) is 12.6 Å². The van der Waals surface area contributed by atoms with Crippen LogP contribution in [0, 0.1) is 0 Å². The topological polar surface area (TPSA) is 101 Å². The summed E-state index contributed by atoms with van der Waals surface area (Å²) in [7, 11) is 0. The first-order valence-corrected chi connectivity index (χ1v) is 6.58. The molecular weight excluding hydrogens is 256 g/mol. The van der Waals surface area contributed by atoms with Crippen molar-refractivity contribution >= 4 is 17.5 Å². The third kappa shape index (κ3) is 4.89. The van der Waals surface area contributed by atoms with Crippen LogP contribution >= 0.6 is 0 Å². The number of likely N-dealkylation sites (N-methyl/N-ethyl adjacent to an activating group) is 1. The lowest BCUT2D eigenvalue weighted by atomic mass is 10.1. The lowest BCUT2D eigenvalue weighted by Crippen LogP contribution is -2.47. The van der Waals surface area contributed by atoms with Crippen molar-refractivity contribution in [3.63, 3.8) is 0 Å². The van der Waals surface area contributed by atoms with Gasteiger partial charge in [0, 0.05) is 18.8 Å². The minimum absolute atomic E-state index is 0.0209. The van der Waals surface area contributed by atoms with Gasteiger partial charge in [-0.25, -0.2) is 0 Å². The second kappa shape index (κ2) is 7.49. The van der Waals surface area contributed by atoms with E-state index in [0.29, 0.717) is 18.8 Å². The standard InChI is InChI=1S/C14H22N4O2/c1-3-17-14(20)10(2)18(9-13(16)19)8-11-5-4-6-12(15)7-11/h4-7,10H,3,8-9,15H2,1-2H3,(H2,16,19)(H,17,20). The number of hydrogen-bond acceptors (Lipinski definition) is 4. The molecule has 0 fully saturated rings. The molecule has 0 aromatic heterocycles. The summed E-state index contributed by atoms with van der Waals surface area (Å²) in [6.45, 7) is 4.60. The Morgan fingerprint density at radius 2 is 2.10 bits per heavy atom. The fraction of sp³-hybridized carbons (Fsp3) is 0.429. The van der Waals surface area contributed by atoms with E-state index < -0.39 is 11.9 Å². The zero-order valence-electron chi connectivity index (χ0n) is 11.9. The molecule has 1 unspecified atom stereocenters. The number of nitrogens with two attached hydrogens (primary N) is 2. The minimum Gasteiger partial charge on any atom is -0.399 e. The molecule has 0 radical (unpaired) electrons. The van der Waals surface area contributed by atoms with Gasteiger partial charge in [-0.2, -0.15) is 0 Å². The summed E-state index contributed by atoms with van der Waals surface area (Å²) in [6.07, 6.45) is 0. The second-order valence-electron chi connectivity index (χ2n) is 4.69. The van der Waals surface area contributed by atoms with Gasteiger partial charge in [0.15, 0.2) is 0 Å². The molecular formula is C14H22N4O2. The highest BCUT2D eigenvalue weighted by atomic mass is 16.2. The summed E-state index contributed by atoms with van der Waals surface area (Å²) in [5.41, 5.74) is 12.6. The van der Waals surface area contributed by atoms with Crippen molar-refractivity contribution in [3.8, 4) is 0 Å². The highest BCUT2D eigenvalue weighted by Crippen LogP contribution is 2.11. The van der Waals surface area contributed by atoms with E-state index in [9.17, 15) is 9.59 Å². The maximum Gasteiger partial charge on any atom is 0.237 e. The molecule has 20 heavy (non-hydrogen) atoms.